The third-order valence-corrected chi connectivity index (χ3v) is 8.26. The lowest BCUT2D eigenvalue weighted by atomic mass is 9.93. The first-order valence-corrected chi connectivity index (χ1v) is 14.2. The number of hydrogen-bond acceptors (Lipinski definition) is 10. The molecule has 0 aromatic heterocycles. The summed E-state index contributed by atoms with van der Waals surface area (Å²) < 4.78 is 21.9. The first-order valence-electron chi connectivity index (χ1n) is 14.2. The minimum Gasteiger partial charge on any atom is -0.508 e. The standard InChI is InChI=1S/C33H28N4O6/c38-28-5-1-18(10-22(28)26-14-24(34-36-26)20-3-7-30-32(12-20)42-16-40-30)9-19-2-6-29(39)23(11-19)27-15-25(35-37-27)21-4-8-31-33(13-21)43-17-41-31/h1-8,10-13,26-27,36-39H,9,14-17H2. The number of hydrazone groups is 2. The molecule has 2 unspecified atom stereocenters. The Bertz CT molecular complexity index is 1690. The Morgan fingerprint density at radius 3 is 1.53 bits per heavy atom. The second-order valence-corrected chi connectivity index (χ2v) is 11.0. The van der Waals surface area contributed by atoms with Crippen molar-refractivity contribution in [2.45, 2.75) is 31.3 Å². The van der Waals surface area contributed by atoms with Gasteiger partial charge in [-0.05, 0) is 78.2 Å². The van der Waals surface area contributed by atoms with Crippen LogP contribution >= 0.6 is 0 Å². The first-order chi connectivity index (χ1) is 21.1. The molecule has 0 bridgehead atoms. The zero-order valence-electron chi connectivity index (χ0n) is 23.0. The maximum atomic E-state index is 10.7. The van der Waals surface area contributed by atoms with Crippen LogP contribution in [0.2, 0.25) is 0 Å². The van der Waals surface area contributed by atoms with Gasteiger partial charge in [0.2, 0.25) is 13.6 Å². The summed E-state index contributed by atoms with van der Waals surface area (Å²) >= 11 is 0. The van der Waals surface area contributed by atoms with Crippen molar-refractivity contribution in [1.29, 1.82) is 0 Å². The van der Waals surface area contributed by atoms with Crippen molar-refractivity contribution in [2.24, 2.45) is 10.2 Å². The van der Waals surface area contributed by atoms with Crippen LogP contribution in [0.1, 0.15) is 58.3 Å². The molecule has 4 aromatic carbocycles. The van der Waals surface area contributed by atoms with E-state index in [0.717, 1.165) is 56.3 Å². The van der Waals surface area contributed by atoms with E-state index in [1.807, 2.05) is 60.7 Å². The van der Waals surface area contributed by atoms with Gasteiger partial charge in [-0.15, -0.1) is 0 Å². The summed E-state index contributed by atoms with van der Waals surface area (Å²) in [4.78, 5) is 0. The molecule has 2 atom stereocenters. The Balaban J connectivity index is 0.969. The van der Waals surface area contributed by atoms with Gasteiger partial charge in [0, 0.05) is 35.1 Å². The molecule has 10 heteroatoms. The minimum atomic E-state index is -0.162. The molecule has 8 rings (SSSR count). The van der Waals surface area contributed by atoms with E-state index in [2.05, 4.69) is 21.1 Å². The summed E-state index contributed by atoms with van der Waals surface area (Å²) in [7, 11) is 0. The maximum Gasteiger partial charge on any atom is 0.231 e. The van der Waals surface area contributed by atoms with Gasteiger partial charge in [0.25, 0.3) is 0 Å². The summed E-state index contributed by atoms with van der Waals surface area (Å²) in [6.07, 6.45) is 1.88. The van der Waals surface area contributed by atoms with E-state index in [-0.39, 0.29) is 37.2 Å². The van der Waals surface area contributed by atoms with Crippen LogP contribution in [0.15, 0.2) is 83.0 Å². The Morgan fingerprint density at radius 1 is 0.581 bits per heavy atom. The molecule has 0 radical (unpaired) electrons. The highest BCUT2D eigenvalue weighted by Gasteiger charge is 2.27. The zero-order valence-corrected chi connectivity index (χ0v) is 23.0. The molecular weight excluding hydrogens is 548 g/mol. The monoisotopic (exact) mass is 576 g/mol. The Morgan fingerprint density at radius 2 is 1.05 bits per heavy atom. The smallest absolute Gasteiger partial charge is 0.231 e. The van der Waals surface area contributed by atoms with Crippen molar-refractivity contribution in [1.82, 2.24) is 10.9 Å². The van der Waals surface area contributed by atoms with Crippen LogP contribution in [0.5, 0.6) is 34.5 Å². The predicted molar refractivity (Wildman–Crippen MR) is 158 cm³/mol. The highest BCUT2D eigenvalue weighted by molar-refractivity contribution is 6.03. The van der Waals surface area contributed by atoms with Gasteiger partial charge in [-0.25, -0.2) is 0 Å². The zero-order chi connectivity index (χ0) is 28.9. The molecular formula is C33H28N4O6. The van der Waals surface area contributed by atoms with Crippen molar-refractivity contribution >= 4 is 11.4 Å². The molecule has 10 nitrogen and oxygen atoms in total. The number of benzene rings is 4. The van der Waals surface area contributed by atoms with Gasteiger partial charge in [-0.2, -0.15) is 10.2 Å². The SMILES string of the molecule is Oc1ccc(Cc2ccc(O)c(C3CC(c4ccc5c(c4)OCO5)=NN3)c2)cc1C1CC(c2ccc3c(c2)OCO3)=NN1. The predicted octanol–water partition coefficient (Wildman–Crippen LogP) is 5.02. The van der Waals surface area contributed by atoms with E-state index < -0.39 is 0 Å². The average Bonchev–Trinajstić information content (AvgIpc) is 3.84. The van der Waals surface area contributed by atoms with Gasteiger partial charge < -0.3 is 40.0 Å². The lowest BCUT2D eigenvalue weighted by Crippen LogP contribution is -2.11. The van der Waals surface area contributed by atoms with Crippen molar-refractivity contribution in [3.05, 3.63) is 106 Å². The van der Waals surface area contributed by atoms with Crippen molar-refractivity contribution in [3.63, 3.8) is 0 Å². The van der Waals surface area contributed by atoms with Gasteiger partial charge in [0.1, 0.15) is 11.5 Å². The molecule has 4 aliphatic rings. The summed E-state index contributed by atoms with van der Waals surface area (Å²) in [5.74, 6) is 3.33. The second kappa shape index (κ2) is 10.2. The minimum absolute atomic E-state index is 0.162. The summed E-state index contributed by atoms with van der Waals surface area (Å²) in [6, 6.07) is 22.6. The quantitative estimate of drug-likeness (QED) is 0.252. The largest absolute Gasteiger partial charge is 0.508 e. The summed E-state index contributed by atoms with van der Waals surface area (Å²) in [5, 5.41) is 30.6. The van der Waals surface area contributed by atoms with Gasteiger partial charge in [-0.3, -0.25) is 0 Å². The normalized spacial score (nSPS) is 19.5. The molecule has 0 saturated carbocycles. The topological polar surface area (TPSA) is 126 Å². The first kappa shape index (κ1) is 25.3. The lowest BCUT2D eigenvalue weighted by molar-refractivity contribution is 0.173. The van der Waals surface area contributed by atoms with Crippen LogP contribution in [0, 0.1) is 0 Å². The highest BCUT2D eigenvalue weighted by Crippen LogP contribution is 2.38. The fourth-order valence-corrected chi connectivity index (χ4v) is 5.98. The van der Waals surface area contributed by atoms with Crippen LogP contribution in [0.4, 0.5) is 0 Å². The molecule has 4 N–H and O–H groups in total. The molecule has 4 aromatic rings. The van der Waals surface area contributed by atoms with Crippen molar-refractivity contribution < 1.29 is 29.2 Å². The van der Waals surface area contributed by atoms with Gasteiger partial charge >= 0.3 is 0 Å². The Labute approximate surface area is 247 Å². The Kier molecular flexibility index (Phi) is 5.99. The maximum absolute atomic E-state index is 10.7. The number of ether oxygens (including phenoxy) is 4. The van der Waals surface area contributed by atoms with Crippen LogP contribution in [-0.2, 0) is 6.42 Å². The number of nitrogens with one attached hydrogen (secondary N) is 2. The molecule has 0 aliphatic carbocycles. The lowest BCUT2D eigenvalue weighted by Gasteiger charge is -2.16. The molecule has 0 fully saturated rings. The molecule has 4 heterocycles. The molecule has 216 valence electrons. The number of phenols is 2. The summed E-state index contributed by atoms with van der Waals surface area (Å²) in [6.45, 7) is 0.449. The van der Waals surface area contributed by atoms with Crippen molar-refractivity contribution in [2.75, 3.05) is 13.6 Å². The molecule has 0 saturated heterocycles. The molecule has 4 aliphatic heterocycles. The fourth-order valence-electron chi connectivity index (χ4n) is 5.98. The van der Waals surface area contributed by atoms with E-state index in [9.17, 15) is 10.2 Å². The van der Waals surface area contributed by atoms with Crippen LogP contribution in [0.3, 0.4) is 0 Å². The number of nitrogens with zero attached hydrogens (tertiary/aromatic N) is 2. The third-order valence-electron chi connectivity index (χ3n) is 8.26. The number of rotatable bonds is 6. The third kappa shape index (κ3) is 4.70. The van der Waals surface area contributed by atoms with Crippen LogP contribution in [0.25, 0.3) is 0 Å². The number of hydrogen-bond donors (Lipinski definition) is 4. The number of phenolic OH excluding ortho intramolecular Hbond substituents is 2. The average molecular weight is 577 g/mol. The number of fused-ring (bicyclic) bond motifs is 2. The van der Waals surface area contributed by atoms with E-state index in [4.69, 9.17) is 18.9 Å². The molecule has 0 spiro atoms. The second-order valence-electron chi connectivity index (χ2n) is 11.0. The van der Waals surface area contributed by atoms with E-state index in [1.165, 1.54) is 0 Å². The highest BCUT2D eigenvalue weighted by atomic mass is 16.7. The summed E-state index contributed by atoms with van der Waals surface area (Å²) in [5.41, 5.74) is 13.7. The Hall–Kier alpha value is -5.38. The van der Waals surface area contributed by atoms with Gasteiger partial charge in [0.05, 0.1) is 23.5 Å². The van der Waals surface area contributed by atoms with Crippen LogP contribution in [-0.4, -0.2) is 35.2 Å². The van der Waals surface area contributed by atoms with Crippen molar-refractivity contribution in [3.8, 4) is 34.5 Å². The fraction of sp³-hybridized carbons (Fsp3) is 0.212. The van der Waals surface area contributed by atoms with E-state index in [1.54, 1.807) is 12.1 Å². The molecule has 0 amide bonds. The van der Waals surface area contributed by atoms with E-state index in [0.29, 0.717) is 30.8 Å². The van der Waals surface area contributed by atoms with Gasteiger partial charge in [0.15, 0.2) is 23.0 Å². The van der Waals surface area contributed by atoms with Crippen LogP contribution < -0.4 is 29.8 Å². The number of aromatic hydroxyl groups is 2. The van der Waals surface area contributed by atoms with E-state index >= 15 is 0 Å². The van der Waals surface area contributed by atoms with Gasteiger partial charge in [-0.1, -0.05) is 12.1 Å². The molecule has 43 heavy (non-hydrogen) atoms.